The van der Waals surface area contributed by atoms with Gasteiger partial charge in [0.05, 0.1) is 0 Å². The quantitative estimate of drug-likeness (QED) is 0.453. The third-order valence-electron chi connectivity index (χ3n) is 1.53. The smallest absolute Gasteiger partial charge is 0.225 e. The van der Waals surface area contributed by atoms with E-state index >= 15 is 0 Å². The van der Waals surface area contributed by atoms with Gasteiger partial charge in [0.2, 0.25) is 6.29 Å². The summed E-state index contributed by atoms with van der Waals surface area (Å²) < 4.78 is 0. The molecule has 0 saturated carbocycles. The maximum Gasteiger partial charge on any atom is 0.225 e. The lowest BCUT2D eigenvalue weighted by molar-refractivity contribution is 0.564. The Morgan fingerprint density at radius 3 is 1.93 bits per heavy atom. The third-order valence-corrected chi connectivity index (χ3v) is 1.53. The van der Waals surface area contributed by atoms with E-state index in [-0.39, 0.29) is 0 Å². The molecule has 1 heteroatoms. The van der Waals surface area contributed by atoms with Crippen LogP contribution in [0.1, 0.15) is 19.8 Å². The molecule has 0 aliphatic heterocycles. The first-order chi connectivity index (χ1) is 7.41. The van der Waals surface area contributed by atoms with E-state index in [4.69, 9.17) is 0 Å². The topological polar surface area (TPSA) is 17.1 Å². The average Bonchev–Trinajstić information content (AvgIpc) is 2.26. The lowest BCUT2D eigenvalue weighted by Gasteiger charge is -1.79. The number of unbranched alkanes of at least 4 members (excludes halogenated alkanes) is 1. The van der Waals surface area contributed by atoms with Gasteiger partial charge in [-0.15, -0.1) is 0 Å². The largest absolute Gasteiger partial charge is 0.286 e. The second-order valence-electron chi connectivity index (χ2n) is 2.85. The van der Waals surface area contributed by atoms with E-state index in [1.807, 2.05) is 36.5 Å². The van der Waals surface area contributed by atoms with Crippen LogP contribution in [0.3, 0.4) is 0 Å². The highest BCUT2D eigenvalue weighted by Crippen LogP contribution is 1.89. The van der Waals surface area contributed by atoms with Gasteiger partial charge in [0, 0.05) is 0 Å². The molecule has 0 bridgehead atoms. The molecule has 0 aromatic heterocycles. The summed E-state index contributed by atoms with van der Waals surface area (Å²) in [5.74, 6) is 0. The predicted octanol–water partition coefficient (Wildman–Crippen LogP) is 3.68. The lowest BCUT2D eigenvalue weighted by atomic mass is 10.3. The molecule has 0 spiro atoms. The maximum absolute atomic E-state index is 9.78. The molecule has 0 amide bonds. The highest BCUT2D eigenvalue weighted by molar-refractivity contribution is 5.66. The highest BCUT2D eigenvalue weighted by atomic mass is 16.1. The number of carbonyl (C=O) groups excluding carboxylic acids is 1. The molecule has 79 valence electrons. The van der Waals surface area contributed by atoms with Crippen molar-refractivity contribution in [2.24, 2.45) is 0 Å². The fourth-order valence-electron chi connectivity index (χ4n) is 0.821. The van der Waals surface area contributed by atoms with Crippen molar-refractivity contribution in [2.45, 2.75) is 19.8 Å². The van der Waals surface area contributed by atoms with Crippen LogP contribution in [0, 0.1) is 0 Å². The Morgan fingerprint density at radius 2 is 1.40 bits per heavy atom. The third kappa shape index (κ3) is 12.4. The lowest BCUT2D eigenvalue weighted by Crippen LogP contribution is -1.58. The average molecular weight is 201 g/mol. The summed E-state index contributed by atoms with van der Waals surface area (Å²) in [6, 6.07) is 0. The fraction of sp³-hybridized carbons (Fsp3) is 0.214. The molecule has 0 atom stereocenters. The minimum Gasteiger partial charge on any atom is -0.286 e. The molecule has 0 unspecified atom stereocenters. The summed E-state index contributed by atoms with van der Waals surface area (Å²) in [6.07, 6.45) is 22.6. The Labute approximate surface area is 92.2 Å². The zero-order chi connectivity index (χ0) is 11.2. The molecular formula is C14H17O. The molecule has 1 nitrogen and oxygen atoms in total. The predicted molar refractivity (Wildman–Crippen MR) is 66.3 cm³/mol. The Kier molecular flexibility index (Phi) is 11.0. The molecule has 0 fully saturated rings. The van der Waals surface area contributed by atoms with Crippen molar-refractivity contribution >= 4 is 6.29 Å². The first-order valence-electron chi connectivity index (χ1n) is 5.11. The standard InChI is InChI=1S/C14H17O/c1-2-3-4-5-6-7-8-9-10-11-12-13-14-15/h4-13H,2-3H2,1H3. The van der Waals surface area contributed by atoms with Gasteiger partial charge in [-0.25, -0.2) is 0 Å². The van der Waals surface area contributed by atoms with E-state index in [0.717, 1.165) is 6.42 Å². The van der Waals surface area contributed by atoms with Crippen LogP contribution in [0.5, 0.6) is 0 Å². The summed E-state index contributed by atoms with van der Waals surface area (Å²) in [7, 11) is 0. The van der Waals surface area contributed by atoms with Crippen LogP contribution in [0.25, 0.3) is 0 Å². The molecule has 0 saturated heterocycles. The molecule has 0 heterocycles. The summed E-state index contributed by atoms with van der Waals surface area (Å²) >= 11 is 0. The van der Waals surface area contributed by atoms with E-state index in [1.165, 1.54) is 12.5 Å². The van der Waals surface area contributed by atoms with Crippen molar-refractivity contribution in [2.75, 3.05) is 0 Å². The van der Waals surface area contributed by atoms with Gasteiger partial charge in [-0.2, -0.15) is 0 Å². The first-order valence-corrected chi connectivity index (χ1v) is 5.11. The molecule has 0 rings (SSSR count). The minimum absolute atomic E-state index is 1.13. The Balaban J connectivity index is 3.65. The van der Waals surface area contributed by atoms with Crippen LogP contribution >= 0.6 is 0 Å². The van der Waals surface area contributed by atoms with E-state index in [1.54, 1.807) is 18.4 Å². The van der Waals surface area contributed by atoms with Crippen molar-refractivity contribution in [1.82, 2.24) is 0 Å². The van der Waals surface area contributed by atoms with Crippen molar-refractivity contribution in [3.8, 4) is 0 Å². The van der Waals surface area contributed by atoms with E-state index in [2.05, 4.69) is 13.0 Å². The van der Waals surface area contributed by atoms with Crippen molar-refractivity contribution < 1.29 is 4.79 Å². The summed E-state index contributed by atoms with van der Waals surface area (Å²) in [4.78, 5) is 9.78. The van der Waals surface area contributed by atoms with E-state index < -0.39 is 0 Å². The van der Waals surface area contributed by atoms with Gasteiger partial charge >= 0.3 is 0 Å². The SMILES string of the molecule is CCCC=CC=CC=CC=CC=C[C]=O. The molecular weight excluding hydrogens is 184 g/mol. The van der Waals surface area contributed by atoms with Crippen LogP contribution in [0.4, 0.5) is 0 Å². The monoisotopic (exact) mass is 201 g/mol. The summed E-state index contributed by atoms with van der Waals surface area (Å²) in [5, 5.41) is 0. The normalized spacial score (nSPS) is 13.1. The molecule has 15 heavy (non-hydrogen) atoms. The van der Waals surface area contributed by atoms with Gasteiger partial charge in [0.1, 0.15) is 0 Å². The van der Waals surface area contributed by atoms with Gasteiger partial charge < -0.3 is 0 Å². The second-order valence-corrected chi connectivity index (χ2v) is 2.85. The van der Waals surface area contributed by atoms with Crippen LogP contribution in [0.2, 0.25) is 0 Å². The van der Waals surface area contributed by atoms with Crippen LogP contribution in [-0.2, 0) is 4.79 Å². The van der Waals surface area contributed by atoms with Crippen molar-refractivity contribution in [3.63, 3.8) is 0 Å². The van der Waals surface area contributed by atoms with Crippen LogP contribution < -0.4 is 0 Å². The Hall–Kier alpha value is -1.63. The zero-order valence-electron chi connectivity index (χ0n) is 9.10. The number of rotatable bonds is 7. The van der Waals surface area contributed by atoms with Gasteiger partial charge in [-0.1, -0.05) is 68.0 Å². The van der Waals surface area contributed by atoms with Crippen LogP contribution in [0.15, 0.2) is 60.8 Å². The van der Waals surface area contributed by atoms with Crippen LogP contribution in [-0.4, -0.2) is 6.29 Å². The molecule has 0 aliphatic rings. The molecule has 0 aromatic rings. The fourth-order valence-corrected chi connectivity index (χ4v) is 0.821. The maximum atomic E-state index is 9.78. The van der Waals surface area contributed by atoms with Gasteiger partial charge in [-0.05, 0) is 12.5 Å². The summed E-state index contributed by atoms with van der Waals surface area (Å²) in [6.45, 7) is 2.16. The highest BCUT2D eigenvalue weighted by Gasteiger charge is 1.68. The van der Waals surface area contributed by atoms with Gasteiger partial charge in [0.25, 0.3) is 0 Å². The summed E-state index contributed by atoms with van der Waals surface area (Å²) in [5.41, 5.74) is 0. The Morgan fingerprint density at radius 1 is 0.867 bits per heavy atom. The number of hydrogen-bond donors (Lipinski definition) is 0. The zero-order valence-corrected chi connectivity index (χ0v) is 9.10. The number of hydrogen-bond acceptors (Lipinski definition) is 1. The minimum atomic E-state index is 1.13. The van der Waals surface area contributed by atoms with E-state index in [9.17, 15) is 4.79 Å². The second kappa shape index (κ2) is 12.4. The van der Waals surface area contributed by atoms with Gasteiger partial charge in [-0.3, -0.25) is 4.79 Å². The van der Waals surface area contributed by atoms with Crippen molar-refractivity contribution in [1.29, 1.82) is 0 Å². The molecule has 0 aromatic carbocycles. The van der Waals surface area contributed by atoms with E-state index in [0.29, 0.717) is 0 Å². The Bertz CT molecular complexity index is 278. The first kappa shape index (κ1) is 13.4. The van der Waals surface area contributed by atoms with Gasteiger partial charge in [0.15, 0.2) is 0 Å². The number of allylic oxidation sites excluding steroid dienone is 10. The van der Waals surface area contributed by atoms with Crippen molar-refractivity contribution in [3.05, 3.63) is 60.8 Å². The molecule has 0 N–H and O–H groups in total. The molecule has 1 radical (unpaired) electrons. The molecule has 0 aliphatic carbocycles.